The molecule has 0 spiro atoms. The third-order valence-electron chi connectivity index (χ3n) is 4.84. The lowest BCUT2D eigenvalue weighted by molar-refractivity contribution is -0.115. The van der Waals surface area contributed by atoms with Crippen molar-refractivity contribution >= 4 is 29.1 Å². The average Bonchev–Trinajstić information content (AvgIpc) is 3.53. The van der Waals surface area contributed by atoms with Crippen molar-refractivity contribution in [2.45, 2.75) is 25.3 Å². The predicted molar refractivity (Wildman–Crippen MR) is 116 cm³/mol. The van der Waals surface area contributed by atoms with Crippen LogP contribution in [-0.2, 0) is 11.2 Å². The number of hydrogen-bond donors (Lipinski definition) is 2. The lowest BCUT2D eigenvalue weighted by Crippen LogP contribution is -2.25. The van der Waals surface area contributed by atoms with Crippen molar-refractivity contribution in [3.8, 4) is 11.1 Å². The van der Waals surface area contributed by atoms with E-state index in [0.717, 1.165) is 29.5 Å². The summed E-state index contributed by atoms with van der Waals surface area (Å²) in [6.07, 6.45) is 2.30. The summed E-state index contributed by atoms with van der Waals surface area (Å²) in [5.74, 6) is -0.308. The number of hydrogen-bond acceptors (Lipinski definition) is 2. The van der Waals surface area contributed by atoms with Crippen LogP contribution >= 0.6 is 11.6 Å². The highest BCUT2D eigenvalue weighted by atomic mass is 35.5. The van der Waals surface area contributed by atoms with Crippen LogP contribution in [0.2, 0.25) is 5.02 Å². The Labute approximate surface area is 174 Å². The van der Waals surface area contributed by atoms with E-state index in [9.17, 15) is 9.59 Å². The van der Waals surface area contributed by atoms with Gasteiger partial charge in [-0.2, -0.15) is 0 Å². The first-order valence-electron chi connectivity index (χ1n) is 9.63. The van der Waals surface area contributed by atoms with Gasteiger partial charge in [0.1, 0.15) is 0 Å². The summed E-state index contributed by atoms with van der Waals surface area (Å²) >= 11 is 6.24. The second-order valence-corrected chi connectivity index (χ2v) is 7.64. The normalized spacial score (nSPS) is 13.0. The van der Waals surface area contributed by atoms with E-state index in [1.807, 2.05) is 42.5 Å². The zero-order valence-electron chi connectivity index (χ0n) is 15.8. The number of halogens is 1. The predicted octanol–water partition coefficient (Wildman–Crippen LogP) is 5.08. The molecule has 0 heterocycles. The standard InChI is InChI=1S/C24H21ClN2O2/c25-22-15-20(12-13-21(22)24(29)27-19-10-11-19)26-23(28)14-16-6-8-18(9-7-16)17-4-2-1-3-5-17/h1-9,12-13,15,19H,10-11,14H2,(H,26,28)(H,27,29). The lowest BCUT2D eigenvalue weighted by Gasteiger charge is -2.09. The fourth-order valence-electron chi connectivity index (χ4n) is 3.10. The van der Waals surface area contributed by atoms with Crippen molar-refractivity contribution in [1.82, 2.24) is 5.32 Å². The average molecular weight is 405 g/mol. The molecule has 0 aromatic heterocycles. The summed E-state index contributed by atoms with van der Waals surface area (Å²) in [5.41, 5.74) is 4.18. The smallest absolute Gasteiger partial charge is 0.253 e. The summed E-state index contributed by atoms with van der Waals surface area (Å²) in [6.45, 7) is 0. The molecule has 0 unspecified atom stereocenters. The van der Waals surface area contributed by atoms with Crippen LogP contribution in [0.4, 0.5) is 5.69 Å². The molecule has 146 valence electrons. The zero-order valence-corrected chi connectivity index (χ0v) is 16.6. The topological polar surface area (TPSA) is 58.2 Å². The molecule has 0 saturated heterocycles. The van der Waals surface area contributed by atoms with E-state index in [1.54, 1.807) is 18.2 Å². The highest BCUT2D eigenvalue weighted by molar-refractivity contribution is 6.34. The molecule has 0 radical (unpaired) electrons. The minimum Gasteiger partial charge on any atom is -0.349 e. The van der Waals surface area contributed by atoms with Crippen LogP contribution in [0, 0.1) is 0 Å². The van der Waals surface area contributed by atoms with Gasteiger partial charge in [0.2, 0.25) is 5.91 Å². The third kappa shape index (κ3) is 5.04. The molecule has 0 bridgehead atoms. The number of carbonyl (C=O) groups excluding carboxylic acids is 2. The van der Waals surface area contributed by atoms with Gasteiger partial charge >= 0.3 is 0 Å². The maximum Gasteiger partial charge on any atom is 0.253 e. The van der Waals surface area contributed by atoms with Gasteiger partial charge in [-0.25, -0.2) is 0 Å². The van der Waals surface area contributed by atoms with Gasteiger partial charge < -0.3 is 10.6 Å². The van der Waals surface area contributed by atoms with Crippen molar-refractivity contribution < 1.29 is 9.59 Å². The van der Waals surface area contributed by atoms with Gasteiger partial charge in [-0.1, -0.05) is 66.2 Å². The molecule has 29 heavy (non-hydrogen) atoms. The van der Waals surface area contributed by atoms with Crippen LogP contribution in [0.3, 0.4) is 0 Å². The molecule has 1 aliphatic rings. The summed E-state index contributed by atoms with van der Waals surface area (Å²) in [7, 11) is 0. The molecule has 5 heteroatoms. The summed E-state index contributed by atoms with van der Waals surface area (Å²) in [6, 6.07) is 23.3. The Morgan fingerprint density at radius 3 is 2.24 bits per heavy atom. The molecule has 2 amide bonds. The fourth-order valence-corrected chi connectivity index (χ4v) is 3.37. The highest BCUT2D eigenvalue weighted by Gasteiger charge is 2.24. The molecular weight excluding hydrogens is 384 g/mol. The molecule has 2 N–H and O–H groups in total. The largest absolute Gasteiger partial charge is 0.349 e. The van der Waals surface area contributed by atoms with Crippen LogP contribution in [0.15, 0.2) is 72.8 Å². The maximum atomic E-state index is 12.4. The molecular formula is C24H21ClN2O2. The van der Waals surface area contributed by atoms with Gasteiger partial charge in [-0.3, -0.25) is 9.59 Å². The lowest BCUT2D eigenvalue weighted by atomic mass is 10.0. The van der Waals surface area contributed by atoms with Crippen LogP contribution in [0.5, 0.6) is 0 Å². The quantitative estimate of drug-likeness (QED) is 0.601. The Kier molecular flexibility index (Phi) is 5.63. The molecule has 0 atom stereocenters. The molecule has 3 aromatic rings. The number of amides is 2. The second kappa shape index (κ2) is 8.50. The Balaban J connectivity index is 1.36. The fraction of sp³-hybridized carbons (Fsp3) is 0.167. The van der Waals surface area contributed by atoms with Crippen molar-refractivity contribution in [3.63, 3.8) is 0 Å². The molecule has 1 saturated carbocycles. The first kappa shape index (κ1) is 19.2. The van der Waals surface area contributed by atoms with Gasteiger partial charge in [0, 0.05) is 11.7 Å². The van der Waals surface area contributed by atoms with E-state index in [0.29, 0.717) is 16.3 Å². The van der Waals surface area contributed by atoms with Gasteiger partial charge in [0.15, 0.2) is 0 Å². The SMILES string of the molecule is O=C(Cc1ccc(-c2ccccc2)cc1)Nc1ccc(C(=O)NC2CC2)c(Cl)c1. The Hall–Kier alpha value is -3.11. The number of benzene rings is 3. The molecule has 4 rings (SSSR count). The third-order valence-corrected chi connectivity index (χ3v) is 5.15. The highest BCUT2D eigenvalue weighted by Crippen LogP contribution is 2.24. The summed E-state index contributed by atoms with van der Waals surface area (Å²) in [4.78, 5) is 24.5. The van der Waals surface area contributed by atoms with Gasteiger partial charge in [-0.05, 0) is 47.7 Å². The van der Waals surface area contributed by atoms with Gasteiger partial charge in [-0.15, -0.1) is 0 Å². The van der Waals surface area contributed by atoms with E-state index in [1.165, 1.54) is 0 Å². The van der Waals surface area contributed by atoms with Crippen molar-refractivity contribution in [2.24, 2.45) is 0 Å². The molecule has 3 aromatic carbocycles. The van der Waals surface area contributed by atoms with E-state index in [2.05, 4.69) is 22.8 Å². The minimum absolute atomic E-state index is 0.135. The molecule has 1 aliphatic carbocycles. The molecule has 4 nitrogen and oxygen atoms in total. The van der Waals surface area contributed by atoms with Crippen LogP contribution in [0.25, 0.3) is 11.1 Å². The maximum absolute atomic E-state index is 12.4. The van der Waals surface area contributed by atoms with Crippen LogP contribution in [-0.4, -0.2) is 17.9 Å². The van der Waals surface area contributed by atoms with Gasteiger partial charge in [0.05, 0.1) is 17.0 Å². The Morgan fingerprint density at radius 2 is 1.59 bits per heavy atom. The first-order chi connectivity index (χ1) is 14.1. The van der Waals surface area contributed by atoms with Gasteiger partial charge in [0.25, 0.3) is 5.91 Å². The Morgan fingerprint density at radius 1 is 0.897 bits per heavy atom. The Bertz CT molecular complexity index is 1030. The monoisotopic (exact) mass is 404 g/mol. The molecule has 0 aliphatic heterocycles. The van der Waals surface area contributed by atoms with E-state index >= 15 is 0 Å². The number of anilines is 1. The van der Waals surface area contributed by atoms with Crippen LogP contribution < -0.4 is 10.6 Å². The van der Waals surface area contributed by atoms with Crippen molar-refractivity contribution in [3.05, 3.63) is 88.9 Å². The zero-order chi connectivity index (χ0) is 20.2. The minimum atomic E-state index is -0.172. The van der Waals surface area contributed by atoms with E-state index in [4.69, 9.17) is 11.6 Å². The van der Waals surface area contributed by atoms with Crippen LogP contribution in [0.1, 0.15) is 28.8 Å². The second-order valence-electron chi connectivity index (χ2n) is 7.23. The molecule has 1 fully saturated rings. The van der Waals surface area contributed by atoms with E-state index in [-0.39, 0.29) is 24.3 Å². The van der Waals surface area contributed by atoms with Crippen molar-refractivity contribution in [1.29, 1.82) is 0 Å². The number of carbonyl (C=O) groups is 2. The summed E-state index contributed by atoms with van der Waals surface area (Å²) < 4.78 is 0. The number of nitrogens with one attached hydrogen (secondary N) is 2. The van der Waals surface area contributed by atoms with E-state index < -0.39 is 0 Å². The van der Waals surface area contributed by atoms with Crippen molar-refractivity contribution in [2.75, 3.05) is 5.32 Å². The first-order valence-corrected chi connectivity index (χ1v) is 10.0. The number of rotatable bonds is 6. The summed E-state index contributed by atoms with van der Waals surface area (Å²) in [5, 5.41) is 6.08.